The van der Waals surface area contributed by atoms with Crippen molar-refractivity contribution in [1.29, 1.82) is 0 Å². The van der Waals surface area contributed by atoms with E-state index in [9.17, 15) is 52.7 Å². The molecule has 0 aromatic carbocycles. The lowest BCUT2D eigenvalue weighted by Gasteiger charge is -2.24. The molecule has 0 spiro atoms. The number of ketones is 1. The monoisotopic (exact) mass is 1090 g/mol. The van der Waals surface area contributed by atoms with Gasteiger partial charge in [-0.15, -0.1) is 0 Å². The third-order valence-electron chi connectivity index (χ3n) is 11.7. The Hall–Kier alpha value is -5.63. The molecule has 3 atom stereocenters. The molecule has 0 heterocycles. The van der Waals surface area contributed by atoms with Crippen LogP contribution in [0.4, 0.5) is 0 Å². The molecule has 21 nitrogen and oxygen atoms in total. The van der Waals surface area contributed by atoms with Crippen LogP contribution >= 0.6 is 0 Å². The fraction of sp³-hybridized carbons (Fsp3) is 0.800. The van der Waals surface area contributed by atoms with E-state index in [2.05, 4.69) is 42.0 Å². The van der Waals surface area contributed by atoms with Gasteiger partial charge in [0.25, 0.3) is 0 Å². The molecular formula is C55H103N5O16. The molecule has 1 aliphatic carbocycles. The van der Waals surface area contributed by atoms with Crippen molar-refractivity contribution in [2.75, 3.05) is 13.6 Å². The zero-order valence-corrected chi connectivity index (χ0v) is 47.9. The number of hydrogen-bond acceptors (Lipinski definition) is 11. The average molecular weight is 1090 g/mol. The highest BCUT2D eigenvalue weighted by Gasteiger charge is 2.24. The quantitative estimate of drug-likeness (QED) is 0.0206. The van der Waals surface area contributed by atoms with E-state index in [0.29, 0.717) is 25.2 Å². The SMILES string of the molecule is CC.CC(NC(=O)CCC(NC=O)C(=O)O)C(=O)O.CC1CCC(C(=O)NCC(=O)O)CC1.CCC.CCC(=O)CCC(NC(=O)CC)C(=O)O.CNC(=O)CCCCCCCCCCCCCCCCCCC(=O)O. The molecule has 0 radical (unpaired) electrons. The summed E-state index contributed by atoms with van der Waals surface area (Å²) in [5.74, 6) is -5.27. The van der Waals surface area contributed by atoms with E-state index < -0.39 is 53.9 Å². The first-order valence-electron chi connectivity index (χ1n) is 28.0. The van der Waals surface area contributed by atoms with E-state index in [1.807, 2.05) is 19.2 Å². The Morgan fingerprint density at radius 3 is 1.29 bits per heavy atom. The van der Waals surface area contributed by atoms with Gasteiger partial charge in [0.15, 0.2) is 0 Å². The van der Waals surface area contributed by atoms with Crippen molar-refractivity contribution in [3.8, 4) is 0 Å². The van der Waals surface area contributed by atoms with E-state index in [1.165, 1.54) is 96.8 Å². The number of aliphatic carboxylic acids is 5. The Labute approximate surface area is 454 Å². The van der Waals surface area contributed by atoms with Gasteiger partial charge in [0.1, 0.15) is 30.5 Å². The van der Waals surface area contributed by atoms with Gasteiger partial charge < -0.3 is 52.1 Å². The minimum Gasteiger partial charge on any atom is -0.481 e. The molecule has 76 heavy (non-hydrogen) atoms. The number of amides is 5. The number of Topliss-reactive ketones (excluding diaryl/α,β-unsaturated/α-hetero) is 1. The molecular weight excluding hydrogens is 987 g/mol. The summed E-state index contributed by atoms with van der Waals surface area (Å²) >= 11 is 0. The summed E-state index contributed by atoms with van der Waals surface area (Å²) in [5.41, 5.74) is 0. The van der Waals surface area contributed by atoms with Crippen molar-refractivity contribution in [2.45, 2.75) is 260 Å². The lowest BCUT2D eigenvalue weighted by Crippen LogP contribution is -2.40. The van der Waals surface area contributed by atoms with Crippen molar-refractivity contribution in [3.05, 3.63) is 0 Å². The third-order valence-corrected chi connectivity index (χ3v) is 11.7. The number of hydrogen-bond donors (Lipinski definition) is 10. The topological polar surface area (TPSA) is 349 Å². The Morgan fingerprint density at radius 1 is 0.513 bits per heavy atom. The molecule has 0 aliphatic heterocycles. The summed E-state index contributed by atoms with van der Waals surface area (Å²) in [7, 11) is 1.70. The lowest BCUT2D eigenvalue weighted by atomic mass is 9.82. The Bertz CT molecular complexity index is 1570. The second-order valence-corrected chi connectivity index (χ2v) is 18.6. The van der Waals surface area contributed by atoms with Crippen LogP contribution in [0.15, 0.2) is 0 Å². The van der Waals surface area contributed by atoms with Gasteiger partial charge in [0.2, 0.25) is 30.0 Å². The number of carbonyl (C=O) groups excluding carboxylic acids is 6. The third kappa shape index (κ3) is 57.6. The van der Waals surface area contributed by atoms with Crippen LogP contribution in [0.1, 0.15) is 242 Å². The summed E-state index contributed by atoms with van der Waals surface area (Å²) in [6.45, 7) is 14.8. The summed E-state index contributed by atoms with van der Waals surface area (Å²) in [6.07, 6.45) is 27.1. The van der Waals surface area contributed by atoms with Crippen LogP contribution in [-0.4, -0.2) is 123 Å². The van der Waals surface area contributed by atoms with Crippen molar-refractivity contribution < 1.29 is 78.3 Å². The molecule has 21 heteroatoms. The predicted octanol–water partition coefficient (Wildman–Crippen LogP) is 8.58. The van der Waals surface area contributed by atoms with Crippen molar-refractivity contribution in [2.24, 2.45) is 11.8 Å². The number of nitrogens with one attached hydrogen (secondary N) is 5. The second-order valence-electron chi connectivity index (χ2n) is 18.6. The number of unbranched alkanes of at least 4 members (excludes halogenated alkanes) is 15. The first kappa shape index (κ1) is 79.2. The maximum absolute atomic E-state index is 11.4. The van der Waals surface area contributed by atoms with Gasteiger partial charge in [-0.05, 0) is 64.2 Å². The largest absolute Gasteiger partial charge is 0.481 e. The van der Waals surface area contributed by atoms with E-state index in [4.69, 9.17) is 25.5 Å². The van der Waals surface area contributed by atoms with Gasteiger partial charge in [-0.3, -0.25) is 43.2 Å². The summed E-state index contributed by atoms with van der Waals surface area (Å²) in [6, 6.07) is -3.14. The van der Waals surface area contributed by atoms with Gasteiger partial charge in [0, 0.05) is 51.5 Å². The normalized spacial score (nSPS) is 14.1. The van der Waals surface area contributed by atoms with Gasteiger partial charge in [-0.1, -0.05) is 145 Å². The highest BCUT2D eigenvalue weighted by Crippen LogP contribution is 2.28. The van der Waals surface area contributed by atoms with Crippen molar-refractivity contribution >= 4 is 65.7 Å². The minimum atomic E-state index is -1.25. The number of carboxylic acids is 5. The average Bonchev–Trinajstić information content (AvgIpc) is 3.38. The van der Waals surface area contributed by atoms with Gasteiger partial charge in [0.05, 0.1) is 0 Å². The number of carbonyl (C=O) groups is 11. The molecule has 1 fully saturated rings. The van der Waals surface area contributed by atoms with E-state index in [0.717, 1.165) is 44.9 Å². The first-order valence-corrected chi connectivity index (χ1v) is 28.0. The van der Waals surface area contributed by atoms with Crippen LogP contribution < -0.4 is 26.6 Å². The predicted molar refractivity (Wildman–Crippen MR) is 293 cm³/mol. The van der Waals surface area contributed by atoms with Crippen LogP contribution in [0.2, 0.25) is 0 Å². The van der Waals surface area contributed by atoms with Gasteiger partial charge in [-0.25, -0.2) is 9.59 Å². The first-order chi connectivity index (χ1) is 36.1. The second kappa shape index (κ2) is 57.1. The molecule has 1 aliphatic rings. The van der Waals surface area contributed by atoms with E-state index in [1.54, 1.807) is 20.9 Å². The van der Waals surface area contributed by atoms with Gasteiger partial charge >= 0.3 is 29.8 Å². The molecule has 3 unspecified atom stereocenters. The van der Waals surface area contributed by atoms with E-state index in [-0.39, 0.29) is 74.5 Å². The Balaban J connectivity index is -0.000000293. The summed E-state index contributed by atoms with van der Waals surface area (Å²) in [4.78, 5) is 118. The van der Waals surface area contributed by atoms with Crippen molar-refractivity contribution in [1.82, 2.24) is 26.6 Å². The highest BCUT2D eigenvalue weighted by atomic mass is 16.4. The molecule has 1 saturated carbocycles. The molecule has 0 aromatic heterocycles. The smallest absolute Gasteiger partial charge is 0.326 e. The zero-order valence-electron chi connectivity index (χ0n) is 47.9. The van der Waals surface area contributed by atoms with E-state index >= 15 is 0 Å². The number of carboxylic acid groups (broad SMARTS) is 5. The van der Waals surface area contributed by atoms with Crippen LogP contribution in [0.5, 0.6) is 0 Å². The Kier molecular flexibility index (Phi) is 59.5. The molecule has 0 aromatic rings. The standard InChI is InChI=1S/C21H41NO3.C10H17NO4.C10H17NO3.C9H14N2O6.C3H8.C2H6/c1-22-20(23)18-16-14-12-10-8-6-4-2-3-5-7-9-11-13-15-17-19-21(24)25;1-3-7(12)5-6-8(10(14)15)11-9(13)4-2;1-7-2-4-8(5-3-7)10(14)11-6-9(12)13;1-5(8(14)15)11-7(13)3-2-6(9(16)17)10-4-12;1-3-2;1-2/h2-19H2,1H3,(H,22,23)(H,24,25);8H,3-6H2,1-2H3,(H,11,13)(H,14,15);7-8H,2-6H2,1H3,(H,11,14)(H,12,13);4-6H,2-3H2,1H3,(H,10,12)(H,11,13)(H,14,15)(H,16,17);3H2,1-2H3;1-2H3. The summed E-state index contributed by atoms with van der Waals surface area (Å²) in [5, 5.41) is 54.5. The van der Waals surface area contributed by atoms with Crippen LogP contribution in [0, 0.1) is 11.8 Å². The van der Waals surface area contributed by atoms with Crippen molar-refractivity contribution in [3.63, 3.8) is 0 Å². The molecule has 0 saturated heterocycles. The lowest BCUT2D eigenvalue weighted by molar-refractivity contribution is -0.142. The molecule has 1 rings (SSSR count). The van der Waals surface area contributed by atoms with Crippen LogP contribution in [0.3, 0.4) is 0 Å². The van der Waals surface area contributed by atoms with Gasteiger partial charge in [-0.2, -0.15) is 0 Å². The molecule has 0 bridgehead atoms. The van der Waals surface area contributed by atoms with Crippen LogP contribution in [0.25, 0.3) is 0 Å². The maximum Gasteiger partial charge on any atom is 0.326 e. The fourth-order valence-corrected chi connectivity index (χ4v) is 7.04. The molecule has 5 amide bonds. The Morgan fingerprint density at radius 2 is 0.934 bits per heavy atom. The maximum atomic E-state index is 11.4. The highest BCUT2D eigenvalue weighted by molar-refractivity contribution is 5.85. The fourth-order valence-electron chi connectivity index (χ4n) is 7.04. The van der Waals surface area contributed by atoms with Crippen LogP contribution in [-0.2, 0) is 52.7 Å². The molecule has 444 valence electrons. The molecule has 10 N–H and O–H groups in total. The minimum absolute atomic E-state index is 0.00648. The summed E-state index contributed by atoms with van der Waals surface area (Å²) < 4.78 is 0. The number of rotatable bonds is 37. The zero-order chi connectivity index (χ0) is 59.1.